The highest BCUT2D eigenvalue weighted by atomic mass is 16.6. The summed E-state index contributed by atoms with van der Waals surface area (Å²) in [5.74, 6) is -1.84. The Morgan fingerprint density at radius 3 is 1.71 bits per heavy atom. The van der Waals surface area contributed by atoms with E-state index < -0.39 is 18.1 Å². The van der Waals surface area contributed by atoms with Crippen LogP contribution in [0.25, 0.3) is 0 Å². The lowest BCUT2D eigenvalue weighted by Crippen LogP contribution is -2.55. The SMILES string of the molecule is CC/C=C/C=C/C=C/C=C/CCCCCC(=O)OC(COCCC(C(=O)[O-])[N+](C)(C)C)COC(=O)CCCCC/C=C/C=C/CCCC. The van der Waals surface area contributed by atoms with Gasteiger partial charge in [-0.3, -0.25) is 9.59 Å². The molecule has 8 heteroatoms. The van der Waals surface area contributed by atoms with E-state index in [9.17, 15) is 19.5 Å². The Morgan fingerprint density at radius 2 is 1.17 bits per heavy atom. The van der Waals surface area contributed by atoms with Gasteiger partial charge in [0.15, 0.2) is 6.10 Å². The molecule has 2 atom stereocenters. The van der Waals surface area contributed by atoms with E-state index in [0.29, 0.717) is 12.8 Å². The molecule has 0 saturated heterocycles. The molecule has 0 aliphatic rings. The first-order valence-electron chi connectivity index (χ1n) is 18.0. The van der Waals surface area contributed by atoms with E-state index in [4.69, 9.17) is 14.2 Å². The molecule has 0 rings (SSSR count). The van der Waals surface area contributed by atoms with Gasteiger partial charge in [0.2, 0.25) is 0 Å². The Balaban J connectivity index is 4.60. The van der Waals surface area contributed by atoms with Crippen LogP contribution >= 0.6 is 0 Å². The van der Waals surface area contributed by atoms with Crippen LogP contribution < -0.4 is 5.11 Å². The Labute approximate surface area is 291 Å². The fourth-order valence-electron chi connectivity index (χ4n) is 4.58. The second-order valence-electron chi connectivity index (χ2n) is 12.8. The van der Waals surface area contributed by atoms with Crippen LogP contribution in [0.15, 0.2) is 72.9 Å². The van der Waals surface area contributed by atoms with Crippen LogP contribution in [-0.4, -0.2) is 75.5 Å². The van der Waals surface area contributed by atoms with Crippen LogP contribution in [0.4, 0.5) is 0 Å². The maximum Gasteiger partial charge on any atom is 0.306 e. The summed E-state index contributed by atoms with van der Waals surface area (Å²) < 4.78 is 17.0. The monoisotopic (exact) mass is 671 g/mol. The van der Waals surface area contributed by atoms with Gasteiger partial charge in [-0.25, -0.2) is 0 Å². The van der Waals surface area contributed by atoms with Gasteiger partial charge >= 0.3 is 11.9 Å². The van der Waals surface area contributed by atoms with E-state index in [0.717, 1.165) is 57.8 Å². The number of esters is 2. The lowest BCUT2D eigenvalue weighted by atomic mass is 10.1. The minimum Gasteiger partial charge on any atom is -0.544 e. The van der Waals surface area contributed by atoms with Gasteiger partial charge in [-0.05, 0) is 51.4 Å². The second kappa shape index (κ2) is 31.1. The number of hydrogen-bond donors (Lipinski definition) is 0. The molecule has 0 aromatic carbocycles. The highest BCUT2D eigenvalue weighted by Crippen LogP contribution is 2.11. The molecule has 0 aliphatic heterocycles. The molecule has 0 N–H and O–H groups in total. The van der Waals surface area contributed by atoms with Crippen LogP contribution in [0.5, 0.6) is 0 Å². The number of likely N-dealkylation sites (N-methyl/N-ethyl adjacent to an activating group) is 1. The predicted molar refractivity (Wildman–Crippen MR) is 194 cm³/mol. The van der Waals surface area contributed by atoms with Gasteiger partial charge in [0.05, 0.1) is 40.3 Å². The third-order valence-electron chi connectivity index (χ3n) is 7.45. The number of ether oxygens (including phenoxy) is 3. The second-order valence-corrected chi connectivity index (χ2v) is 12.8. The summed E-state index contributed by atoms with van der Waals surface area (Å²) in [4.78, 5) is 36.5. The Hall–Kier alpha value is -3.23. The number of hydrogen-bond acceptors (Lipinski definition) is 7. The molecule has 0 radical (unpaired) electrons. The fraction of sp³-hybridized carbons (Fsp3) is 0.625. The zero-order valence-electron chi connectivity index (χ0n) is 30.6. The first-order chi connectivity index (χ1) is 23.1. The van der Waals surface area contributed by atoms with Crippen LogP contribution in [0.2, 0.25) is 0 Å². The molecular weight excluding hydrogens is 606 g/mol. The van der Waals surface area contributed by atoms with E-state index in [1.165, 1.54) is 12.8 Å². The largest absolute Gasteiger partial charge is 0.544 e. The lowest BCUT2D eigenvalue weighted by Gasteiger charge is -2.34. The highest BCUT2D eigenvalue weighted by molar-refractivity contribution is 5.70. The van der Waals surface area contributed by atoms with Crippen molar-refractivity contribution < 1.29 is 38.2 Å². The molecule has 0 spiro atoms. The van der Waals surface area contributed by atoms with Crippen molar-refractivity contribution in [3.63, 3.8) is 0 Å². The van der Waals surface area contributed by atoms with Crippen molar-refractivity contribution in [1.82, 2.24) is 0 Å². The molecule has 0 amide bonds. The average Bonchev–Trinajstić information content (AvgIpc) is 3.03. The number of carboxylic acids is 1. The van der Waals surface area contributed by atoms with Crippen molar-refractivity contribution in [3.8, 4) is 0 Å². The van der Waals surface area contributed by atoms with Gasteiger partial charge in [-0.1, -0.05) is 112 Å². The van der Waals surface area contributed by atoms with Crippen LogP contribution in [0.1, 0.15) is 110 Å². The normalized spacial score (nSPS) is 13.9. The average molecular weight is 672 g/mol. The van der Waals surface area contributed by atoms with E-state index in [1.54, 1.807) is 21.1 Å². The van der Waals surface area contributed by atoms with Crippen LogP contribution in [-0.2, 0) is 28.6 Å². The fourth-order valence-corrected chi connectivity index (χ4v) is 4.58. The first-order valence-corrected chi connectivity index (χ1v) is 18.0. The predicted octanol–water partition coefficient (Wildman–Crippen LogP) is 7.51. The minimum atomic E-state index is -1.14. The first kappa shape index (κ1) is 44.8. The molecule has 2 unspecified atom stereocenters. The van der Waals surface area contributed by atoms with Gasteiger partial charge in [0, 0.05) is 19.3 Å². The maximum atomic E-state index is 12.6. The summed E-state index contributed by atoms with van der Waals surface area (Å²) in [6, 6.07) is -0.739. The van der Waals surface area contributed by atoms with Crippen molar-refractivity contribution in [2.24, 2.45) is 0 Å². The minimum absolute atomic E-state index is 0.0115. The smallest absolute Gasteiger partial charge is 0.306 e. The van der Waals surface area contributed by atoms with Crippen molar-refractivity contribution in [2.45, 2.75) is 122 Å². The van der Waals surface area contributed by atoms with Crippen LogP contribution in [0, 0.1) is 0 Å². The summed E-state index contributed by atoms with van der Waals surface area (Å²) in [6.07, 6.45) is 36.5. The van der Waals surface area contributed by atoms with Crippen molar-refractivity contribution in [2.75, 3.05) is 41.0 Å². The molecule has 0 fully saturated rings. The number of allylic oxidation sites excluding steroid dienone is 12. The zero-order valence-corrected chi connectivity index (χ0v) is 30.6. The third-order valence-corrected chi connectivity index (χ3v) is 7.45. The van der Waals surface area contributed by atoms with Gasteiger partial charge in [-0.15, -0.1) is 0 Å². The number of quaternary nitrogens is 1. The quantitative estimate of drug-likeness (QED) is 0.0337. The zero-order chi connectivity index (χ0) is 35.7. The van der Waals surface area contributed by atoms with Gasteiger partial charge in [0.1, 0.15) is 12.6 Å². The maximum absolute atomic E-state index is 12.6. The molecule has 0 aromatic heterocycles. The molecule has 0 aliphatic carbocycles. The number of aliphatic carboxylic acids is 1. The van der Waals surface area contributed by atoms with Gasteiger partial charge in [0.25, 0.3) is 0 Å². The number of nitrogens with zero attached hydrogens (tertiary/aromatic N) is 1. The third kappa shape index (κ3) is 29.0. The summed E-state index contributed by atoms with van der Waals surface area (Å²) >= 11 is 0. The Morgan fingerprint density at radius 1 is 0.646 bits per heavy atom. The van der Waals surface area contributed by atoms with E-state index in [-0.39, 0.29) is 49.1 Å². The van der Waals surface area contributed by atoms with Crippen LogP contribution in [0.3, 0.4) is 0 Å². The molecule has 0 aromatic rings. The van der Waals surface area contributed by atoms with E-state index in [1.807, 2.05) is 36.5 Å². The Kier molecular flexibility index (Phi) is 29.0. The van der Waals surface area contributed by atoms with Crippen molar-refractivity contribution >= 4 is 17.9 Å². The molecule has 48 heavy (non-hydrogen) atoms. The van der Waals surface area contributed by atoms with E-state index in [2.05, 4.69) is 50.3 Å². The summed E-state index contributed by atoms with van der Waals surface area (Å²) in [6.45, 7) is 4.35. The van der Waals surface area contributed by atoms with Crippen molar-refractivity contribution in [1.29, 1.82) is 0 Å². The molecule has 0 saturated carbocycles. The number of unbranched alkanes of at least 4 members (excludes halogenated alkanes) is 8. The summed E-state index contributed by atoms with van der Waals surface area (Å²) in [5.41, 5.74) is 0. The topological polar surface area (TPSA) is 102 Å². The number of carbonyl (C=O) groups is 3. The summed E-state index contributed by atoms with van der Waals surface area (Å²) in [5, 5.41) is 11.6. The molecule has 0 bridgehead atoms. The number of carbonyl (C=O) groups excluding carboxylic acids is 3. The standard InChI is InChI=1S/C40H65NO7/c1-6-8-10-12-14-16-18-19-21-23-25-27-29-31-39(43)48-36(34-46-33-32-37(40(44)45)41(3,4)5)35-47-38(42)30-28-26-24-22-20-17-15-13-11-9-7-2/h8,10,12-21,36-37H,6-7,9,11,22-35H2,1-5H3/b10-8+,14-12+,15-13+,18-16+,20-17+,21-19+. The molecular formula is C40H65NO7. The van der Waals surface area contributed by atoms with E-state index >= 15 is 0 Å². The Bertz CT molecular complexity index is 1020. The lowest BCUT2D eigenvalue weighted by molar-refractivity contribution is -0.889. The van der Waals surface area contributed by atoms with Crippen molar-refractivity contribution in [3.05, 3.63) is 72.9 Å². The molecule has 8 nitrogen and oxygen atoms in total. The summed E-state index contributed by atoms with van der Waals surface area (Å²) in [7, 11) is 5.36. The molecule has 272 valence electrons. The molecule has 0 heterocycles. The number of carboxylic acid groups (broad SMARTS) is 1. The van der Waals surface area contributed by atoms with Gasteiger partial charge < -0.3 is 28.6 Å². The van der Waals surface area contributed by atoms with Gasteiger partial charge in [-0.2, -0.15) is 0 Å². The highest BCUT2D eigenvalue weighted by Gasteiger charge is 2.25. The number of rotatable bonds is 30.